The lowest BCUT2D eigenvalue weighted by Gasteiger charge is -2.46. The zero-order chi connectivity index (χ0) is 39.4. The standard InChI is InChI=1S/C44H59N3O7/c1-9-11-22-34(49)45-29(3)37(31-20-16-13-17-21-31)53-41(52)35-33-23-24-44(54-33)36(35)39(50)47(32(27-48)26-30-18-14-12-15-19-30)38(44)40(51)46(25-10-2)43(7,8)28-42(4,5)6/h9-10,12-21,29,32-33,35-38,48H,1-2,11,22-28H2,3-8H3,(H,45,49)/t29-,32+,33-,35+,36+,37-,38-,44+/m0/s1. The van der Waals surface area contributed by atoms with Crippen LogP contribution in [0.15, 0.2) is 86.0 Å². The zero-order valence-corrected chi connectivity index (χ0v) is 32.8. The fraction of sp³-hybridized carbons (Fsp3) is 0.545. The molecule has 2 bridgehead atoms. The summed E-state index contributed by atoms with van der Waals surface area (Å²) < 4.78 is 13.1. The highest BCUT2D eigenvalue weighted by Gasteiger charge is 2.76. The van der Waals surface area contributed by atoms with Gasteiger partial charge >= 0.3 is 5.97 Å². The SMILES string of the molecule is C=CCCC(=O)N[C@@H](C)[C@H](OC(=O)[C@@H]1[C@@H]2CC[C@]3(O2)[C@H](C(=O)N(CC=C)C(C)(C)CC(C)(C)C)N([C@@H](CO)Cc2ccccc2)C(=O)[C@@H]13)c1ccccc1. The van der Waals surface area contributed by atoms with E-state index >= 15 is 9.59 Å². The van der Waals surface area contributed by atoms with Gasteiger partial charge in [0.05, 0.1) is 36.6 Å². The van der Waals surface area contributed by atoms with E-state index in [0.717, 1.165) is 5.56 Å². The van der Waals surface area contributed by atoms with Gasteiger partial charge in [-0.3, -0.25) is 19.2 Å². The quantitative estimate of drug-likeness (QED) is 0.152. The number of hydrogen-bond acceptors (Lipinski definition) is 7. The van der Waals surface area contributed by atoms with Crippen LogP contribution in [0.4, 0.5) is 0 Å². The highest BCUT2D eigenvalue weighted by molar-refractivity contribution is 5.98. The van der Waals surface area contributed by atoms with Crippen molar-refractivity contribution in [3.8, 4) is 0 Å². The van der Waals surface area contributed by atoms with Gasteiger partial charge < -0.3 is 29.7 Å². The number of hydrogen-bond donors (Lipinski definition) is 2. The van der Waals surface area contributed by atoms with Crippen molar-refractivity contribution in [1.82, 2.24) is 15.1 Å². The molecule has 10 nitrogen and oxygen atoms in total. The summed E-state index contributed by atoms with van der Waals surface area (Å²) in [6.45, 7) is 19.7. The number of carbonyl (C=O) groups is 4. The molecule has 54 heavy (non-hydrogen) atoms. The highest BCUT2D eigenvalue weighted by Crippen LogP contribution is 2.59. The van der Waals surface area contributed by atoms with E-state index < -0.39 is 71.8 Å². The molecule has 8 atom stereocenters. The number of amides is 3. The predicted molar refractivity (Wildman–Crippen MR) is 208 cm³/mol. The Labute approximate surface area is 321 Å². The topological polar surface area (TPSA) is 125 Å². The van der Waals surface area contributed by atoms with Crippen LogP contribution in [-0.2, 0) is 35.1 Å². The highest BCUT2D eigenvalue weighted by atomic mass is 16.6. The summed E-state index contributed by atoms with van der Waals surface area (Å²) in [6, 6.07) is 16.3. The number of fused-ring (bicyclic) bond motifs is 1. The third kappa shape index (κ3) is 8.35. The molecule has 3 amide bonds. The molecule has 0 saturated carbocycles. The second-order valence-electron chi connectivity index (χ2n) is 17.1. The summed E-state index contributed by atoms with van der Waals surface area (Å²) >= 11 is 0. The smallest absolute Gasteiger partial charge is 0.313 e. The maximum atomic E-state index is 15.3. The van der Waals surface area contributed by atoms with Gasteiger partial charge in [0.2, 0.25) is 17.7 Å². The largest absolute Gasteiger partial charge is 0.455 e. The van der Waals surface area contributed by atoms with E-state index in [2.05, 4.69) is 39.2 Å². The number of carbonyl (C=O) groups excluding carboxylic acids is 4. The Bertz CT molecular complexity index is 1670. The van der Waals surface area contributed by atoms with Crippen LogP contribution in [0.2, 0.25) is 0 Å². The van der Waals surface area contributed by atoms with Gasteiger partial charge in [-0.25, -0.2) is 0 Å². The Kier molecular flexibility index (Phi) is 12.6. The lowest BCUT2D eigenvalue weighted by Crippen LogP contribution is -2.62. The van der Waals surface area contributed by atoms with E-state index in [1.54, 1.807) is 24.0 Å². The molecule has 10 heteroatoms. The first kappa shape index (κ1) is 40.9. The summed E-state index contributed by atoms with van der Waals surface area (Å²) in [5, 5.41) is 13.9. The molecule has 292 valence electrons. The van der Waals surface area contributed by atoms with Crippen molar-refractivity contribution in [3.05, 3.63) is 97.1 Å². The lowest BCUT2D eigenvalue weighted by atomic mass is 9.70. The average Bonchev–Trinajstić information content (AvgIpc) is 3.77. The molecule has 3 saturated heterocycles. The van der Waals surface area contributed by atoms with Crippen LogP contribution in [0.3, 0.4) is 0 Å². The van der Waals surface area contributed by atoms with E-state index in [1.165, 1.54) is 4.90 Å². The van der Waals surface area contributed by atoms with Crippen molar-refractivity contribution < 1.29 is 33.8 Å². The zero-order valence-electron chi connectivity index (χ0n) is 32.8. The predicted octanol–water partition coefficient (Wildman–Crippen LogP) is 5.95. The van der Waals surface area contributed by atoms with Crippen LogP contribution in [0.5, 0.6) is 0 Å². The van der Waals surface area contributed by atoms with Crippen LogP contribution in [-0.4, -0.2) is 87.1 Å². The molecule has 3 aliphatic heterocycles. The normalized spacial score (nSPS) is 25.0. The molecule has 3 fully saturated rings. The number of nitrogens with zero attached hydrogens (tertiary/aromatic N) is 2. The lowest BCUT2D eigenvalue weighted by molar-refractivity contribution is -0.163. The monoisotopic (exact) mass is 741 g/mol. The second kappa shape index (κ2) is 16.6. The molecule has 0 aromatic heterocycles. The molecule has 0 aliphatic carbocycles. The molecule has 1 spiro atoms. The van der Waals surface area contributed by atoms with Crippen molar-refractivity contribution in [2.45, 2.75) is 122 Å². The third-order valence-corrected chi connectivity index (χ3v) is 11.2. The summed E-state index contributed by atoms with van der Waals surface area (Å²) in [5.41, 5.74) is -0.470. The van der Waals surface area contributed by atoms with Crippen molar-refractivity contribution in [1.29, 1.82) is 0 Å². The minimum atomic E-state index is -1.31. The molecule has 3 aliphatic rings. The minimum Gasteiger partial charge on any atom is -0.455 e. The first-order chi connectivity index (χ1) is 25.6. The number of aliphatic hydroxyl groups excluding tert-OH is 1. The molecule has 2 aromatic rings. The first-order valence-electron chi connectivity index (χ1n) is 19.3. The molecular formula is C44H59N3O7. The number of nitrogens with one attached hydrogen (secondary N) is 1. The molecule has 2 N–H and O–H groups in total. The number of esters is 1. The molecule has 0 radical (unpaired) electrons. The number of aliphatic hydroxyl groups is 1. The summed E-state index contributed by atoms with van der Waals surface area (Å²) in [4.78, 5) is 61.0. The van der Waals surface area contributed by atoms with E-state index in [1.807, 2.05) is 74.5 Å². The van der Waals surface area contributed by atoms with E-state index in [4.69, 9.17) is 9.47 Å². The van der Waals surface area contributed by atoms with Gasteiger partial charge in [-0.05, 0) is 69.4 Å². The maximum Gasteiger partial charge on any atom is 0.313 e. The summed E-state index contributed by atoms with van der Waals surface area (Å²) in [7, 11) is 0. The molecule has 5 rings (SSSR count). The molecule has 2 aromatic carbocycles. The Balaban J connectivity index is 1.55. The molecule has 3 heterocycles. The van der Waals surface area contributed by atoms with Crippen LogP contribution in [0, 0.1) is 17.3 Å². The van der Waals surface area contributed by atoms with E-state index in [0.29, 0.717) is 37.7 Å². The number of benzene rings is 2. The fourth-order valence-corrected chi connectivity index (χ4v) is 9.41. The Hall–Kier alpha value is -4.28. The first-order valence-corrected chi connectivity index (χ1v) is 19.3. The number of rotatable bonds is 17. The fourth-order valence-electron chi connectivity index (χ4n) is 9.41. The third-order valence-electron chi connectivity index (χ3n) is 11.2. The van der Waals surface area contributed by atoms with Crippen LogP contribution in [0.25, 0.3) is 0 Å². The Morgan fingerprint density at radius 1 is 1.06 bits per heavy atom. The van der Waals surface area contributed by atoms with Gasteiger partial charge in [0.25, 0.3) is 0 Å². The van der Waals surface area contributed by atoms with Crippen molar-refractivity contribution in [3.63, 3.8) is 0 Å². The van der Waals surface area contributed by atoms with Gasteiger partial charge in [0.15, 0.2) is 0 Å². The second-order valence-corrected chi connectivity index (χ2v) is 17.1. The van der Waals surface area contributed by atoms with Crippen LogP contribution < -0.4 is 5.32 Å². The Morgan fingerprint density at radius 3 is 2.30 bits per heavy atom. The van der Waals surface area contributed by atoms with Gasteiger partial charge in [-0.1, -0.05) is 93.6 Å². The summed E-state index contributed by atoms with van der Waals surface area (Å²) in [6.07, 6.45) is 4.46. The number of likely N-dealkylation sites (tertiary alicyclic amines) is 1. The van der Waals surface area contributed by atoms with Crippen molar-refractivity contribution in [2.75, 3.05) is 13.2 Å². The van der Waals surface area contributed by atoms with Crippen LogP contribution >= 0.6 is 0 Å². The number of ether oxygens (including phenoxy) is 2. The van der Waals surface area contributed by atoms with Crippen molar-refractivity contribution >= 4 is 23.7 Å². The van der Waals surface area contributed by atoms with Gasteiger partial charge in [0.1, 0.15) is 17.7 Å². The summed E-state index contributed by atoms with van der Waals surface area (Å²) in [5.74, 6) is -3.51. The Morgan fingerprint density at radius 2 is 1.70 bits per heavy atom. The van der Waals surface area contributed by atoms with E-state index in [9.17, 15) is 14.7 Å². The van der Waals surface area contributed by atoms with Crippen LogP contribution in [0.1, 0.15) is 90.9 Å². The maximum absolute atomic E-state index is 15.3. The van der Waals surface area contributed by atoms with Gasteiger partial charge in [0, 0.05) is 18.5 Å². The van der Waals surface area contributed by atoms with Gasteiger partial charge in [-0.2, -0.15) is 0 Å². The molecule has 0 unspecified atom stereocenters. The molecular weight excluding hydrogens is 682 g/mol. The van der Waals surface area contributed by atoms with Crippen molar-refractivity contribution in [2.24, 2.45) is 17.3 Å². The van der Waals surface area contributed by atoms with E-state index in [-0.39, 0.29) is 30.2 Å². The minimum absolute atomic E-state index is 0.120. The average molecular weight is 742 g/mol. The number of allylic oxidation sites excluding steroid dienone is 1. The van der Waals surface area contributed by atoms with Gasteiger partial charge in [-0.15, -0.1) is 13.2 Å².